The zero-order valence-corrected chi connectivity index (χ0v) is 14.0. The predicted octanol–water partition coefficient (Wildman–Crippen LogP) is 3.54. The van der Waals surface area contributed by atoms with Crippen molar-refractivity contribution in [1.29, 1.82) is 0 Å². The van der Waals surface area contributed by atoms with Crippen molar-refractivity contribution in [3.63, 3.8) is 0 Å². The average molecular weight is 363 g/mol. The number of hydrogen-bond donors (Lipinski definition) is 1. The summed E-state index contributed by atoms with van der Waals surface area (Å²) in [5, 5.41) is 11.0. The largest absolute Gasteiger partial charge is 0.444 e. The topological polar surface area (TPSA) is 49.8 Å². The lowest BCUT2D eigenvalue weighted by molar-refractivity contribution is -0.103. The van der Waals surface area contributed by atoms with Gasteiger partial charge in [-0.15, -0.1) is 0 Å². The van der Waals surface area contributed by atoms with E-state index in [0.29, 0.717) is 10.6 Å². The third kappa shape index (κ3) is 3.27. The summed E-state index contributed by atoms with van der Waals surface area (Å²) < 4.78 is 6.10. The van der Waals surface area contributed by atoms with E-state index in [-0.39, 0.29) is 13.1 Å². The highest BCUT2D eigenvalue weighted by molar-refractivity contribution is 9.10. The molecule has 0 unspecified atom stereocenters. The molecule has 1 heterocycles. The van der Waals surface area contributed by atoms with Gasteiger partial charge in [-0.1, -0.05) is 33.6 Å². The first-order valence-corrected chi connectivity index (χ1v) is 7.44. The van der Waals surface area contributed by atoms with Crippen molar-refractivity contribution in [2.24, 2.45) is 0 Å². The predicted molar refractivity (Wildman–Crippen MR) is 80.9 cm³/mol. The first-order valence-electron chi connectivity index (χ1n) is 6.27. The minimum absolute atomic E-state index is 0.184. The monoisotopic (exact) mass is 361 g/mol. The van der Waals surface area contributed by atoms with E-state index in [1.807, 2.05) is 26.8 Å². The summed E-state index contributed by atoms with van der Waals surface area (Å²) in [5.74, 6) is 0. The molecule has 1 fully saturated rings. The normalized spacial score (nSPS) is 17.6. The zero-order valence-electron chi connectivity index (χ0n) is 11.6. The number of nitrogens with zero attached hydrogens (tertiary/aromatic N) is 1. The van der Waals surface area contributed by atoms with Crippen molar-refractivity contribution in [3.8, 4) is 0 Å². The molecule has 1 aliphatic heterocycles. The quantitative estimate of drug-likeness (QED) is 0.831. The molecule has 0 radical (unpaired) electrons. The van der Waals surface area contributed by atoms with Crippen LogP contribution in [-0.2, 0) is 10.3 Å². The Bertz CT molecular complexity index is 536. The van der Waals surface area contributed by atoms with Crippen molar-refractivity contribution in [2.45, 2.75) is 32.0 Å². The molecule has 1 aliphatic rings. The maximum Gasteiger partial charge on any atom is 0.410 e. The van der Waals surface area contributed by atoms with Gasteiger partial charge in [0.2, 0.25) is 0 Å². The van der Waals surface area contributed by atoms with Gasteiger partial charge in [0.15, 0.2) is 0 Å². The number of ether oxygens (including phenoxy) is 1. The molecule has 0 atom stereocenters. The van der Waals surface area contributed by atoms with Gasteiger partial charge in [-0.2, -0.15) is 0 Å². The second kappa shape index (κ2) is 5.20. The molecular weight excluding hydrogens is 346 g/mol. The minimum atomic E-state index is -1.10. The molecule has 6 heteroatoms. The Balaban J connectivity index is 2.05. The lowest BCUT2D eigenvalue weighted by atomic mass is 9.86. The summed E-state index contributed by atoms with van der Waals surface area (Å²) in [7, 11) is 0. The molecule has 0 spiro atoms. The fraction of sp³-hybridized carbons (Fsp3) is 0.500. The van der Waals surface area contributed by atoms with E-state index in [9.17, 15) is 9.90 Å². The van der Waals surface area contributed by atoms with Crippen LogP contribution in [0.25, 0.3) is 0 Å². The minimum Gasteiger partial charge on any atom is -0.444 e. The first-order chi connectivity index (χ1) is 9.11. The van der Waals surface area contributed by atoms with Gasteiger partial charge in [0, 0.05) is 15.1 Å². The molecule has 0 bridgehead atoms. The summed E-state index contributed by atoms with van der Waals surface area (Å²) in [4.78, 5) is 13.3. The molecule has 0 aromatic heterocycles. The smallest absolute Gasteiger partial charge is 0.410 e. The Hall–Kier alpha value is -0.780. The van der Waals surface area contributed by atoms with Gasteiger partial charge in [-0.05, 0) is 32.9 Å². The van der Waals surface area contributed by atoms with Gasteiger partial charge in [0.25, 0.3) is 0 Å². The highest BCUT2D eigenvalue weighted by Crippen LogP contribution is 2.37. The number of amides is 1. The summed E-state index contributed by atoms with van der Waals surface area (Å²) in [6.07, 6.45) is -0.421. The Kier molecular flexibility index (Phi) is 4.06. The SMILES string of the molecule is CC(C)(C)OC(=O)N1CC(O)(c2ccc(Br)cc2Cl)C1. The number of likely N-dealkylation sites (tertiary alicyclic amines) is 1. The van der Waals surface area contributed by atoms with Gasteiger partial charge >= 0.3 is 6.09 Å². The number of hydrogen-bond acceptors (Lipinski definition) is 3. The van der Waals surface area contributed by atoms with Gasteiger partial charge in [0.05, 0.1) is 13.1 Å². The van der Waals surface area contributed by atoms with Crippen LogP contribution in [0.15, 0.2) is 22.7 Å². The van der Waals surface area contributed by atoms with E-state index in [1.54, 1.807) is 12.1 Å². The molecule has 1 aromatic rings. The summed E-state index contributed by atoms with van der Waals surface area (Å²) in [6.45, 7) is 5.79. The van der Waals surface area contributed by atoms with Gasteiger partial charge in [-0.25, -0.2) is 4.79 Å². The summed E-state index contributed by atoms with van der Waals surface area (Å²) in [6, 6.07) is 5.30. The maximum atomic E-state index is 11.9. The zero-order chi connectivity index (χ0) is 15.1. The third-order valence-electron chi connectivity index (χ3n) is 2.99. The third-order valence-corrected chi connectivity index (χ3v) is 3.80. The van der Waals surface area contributed by atoms with Crippen LogP contribution in [0.2, 0.25) is 5.02 Å². The molecule has 1 amide bonds. The standard InChI is InChI=1S/C14H17BrClNO3/c1-13(2,3)20-12(18)17-7-14(19,8-17)10-5-4-9(15)6-11(10)16/h4-6,19H,7-8H2,1-3H3. The van der Waals surface area contributed by atoms with Crippen LogP contribution in [0.4, 0.5) is 4.79 Å². The lowest BCUT2D eigenvalue weighted by Crippen LogP contribution is -2.62. The highest BCUT2D eigenvalue weighted by atomic mass is 79.9. The number of carbonyl (C=O) groups is 1. The van der Waals surface area contributed by atoms with Gasteiger partial charge < -0.3 is 14.7 Å². The van der Waals surface area contributed by atoms with E-state index in [4.69, 9.17) is 16.3 Å². The Morgan fingerprint density at radius 3 is 2.55 bits per heavy atom. The van der Waals surface area contributed by atoms with Crippen LogP contribution in [0, 0.1) is 0 Å². The fourth-order valence-electron chi connectivity index (χ4n) is 2.08. The van der Waals surface area contributed by atoms with Crippen LogP contribution >= 0.6 is 27.5 Å². The Morgan fingerprint density at radius 2 is 2.05 bits per heavy atom. The van der Waals surface area contributed by atoms with Crippen LogP contribution < -0.4 is 0 Å². The molecule has 1 aromatic carbocycles. The first kappa shape index (κ1) is 15.6. The van der Waals surface area contributed by atoms with Crippen LogP contribution in [0.3, 0.4) is 0 Å². The number of β-amino-alcohol motifs (C(OH)–C–C–N with tert-alkyl or cyclic N) is 1. The van der Waals surface area contributed by atoms with Crippen molar-refractivity contribution < 1.29 is 14.6 Å². The second-order valence-corrected chi connectivity index (χ2v) is 7.32. The molecule has 1 N–H and O–H groups in total. The highest BCUT2D eigenvalue weighted by Gasteiger charge is 2.47. The molecule has 0 saturated carbocycles. The number of benzene rings is 1. The maximum absolute atomic E-state index is 11.9. The van der Waals surface area contributed by atoms with Gasteiger partial charge in [-0.3, -0.25) is 0 Å². The number of carbonyl (C=O) groups excluding carboxylic acids is 1. The van der Waals surface area contributed by atoms with Crippen molar-refractivity contribution >= 4 is 33.6 Å². The molecule has 20 heavy (non-hydrogen) atoms. The van der Waals surface area contributed by atoms with E-state index in [2.05, 4.69) is 15.9 Å². The molecule has 2 rings (SSSR count). The van der Waals surface area contributed by atoms with Gasteiger partial charge in [0.1, 0.15) is 11.2 Å². The summed E-state index contributed by atoms with van der Waals surface area (Å²) in [5.41, 5.74) is -1.02. The molecule has 4 nitrogen and oxygen atoms in total. The van der Waals surface area contributed by atoms with Crippen molar-refractivity contribution in [3.05, 3.63) is 33.3 Å². The van der Waals surface area contributed by atoms with Crippen LogP contribution in [-0.4, -0.2) is 34.8 Å². The van der Waals surface area contributed by atoms with Crippen molar-refractivity contribution in [2.75, 3.05) is 13.1 Å². The Labute approximate surface area is 131 Å². The molecule has 0 aliphatic carbocycles. The van der Waals surface area contributed by atoms with Crippen LogP contribution in [0.1, 0.15) is 26.3 Å². The molecule has 110 valence electrons. The fourth-order valence-corrected chi connectivity index (χ4v) is 2.93. The van der Waals surface area contributed by atoms with Crippen molar-refractivity contribution in [1.82, 2.24) is 4.90 Å². The lowest BCUT2D eigenvalue weighted by Gasteiger charge is -2.46. The van der Waals surface area contributed by atoms with E-state index < -0.39 is 17.3 Å². The van der Waals surface area contributed by atoms with E-state index in [1.165, 1.54) is 4.90 Å². The number of rotatable bonds is 1. The Morgan fingerprint density at radius 1 is 1.45 bits per heavy atom. The van der Waals surface area contributed by atoms with Crippen LogP contribution in [0.5, 0.6) is 0 Å². The average Bonchev–Trinajstić information content (AvgIpc) is 2.22. The van der Waals surface area contributed by atoms with E-state index >= 15 is 0 Å². The molecular formula is C14H17BrClNO3. The molecule has 1 saturated heterocycles. The number of halogens is 2. The summed E-state index contributed by atoms with van der Waals surface area (Å²) >= 11 is 9.46. The van der Waals surface area contributed by atoms with E-state index in [0.717, 1.165) is 4.47 Å². The second-order valence-electron chi connectivity index (χ2n) is 5.99. The number of aliphatic hydroxyl groups is 1.